The second-order valence-electron chi connectivity index (χ2n) is 5.34. The minimum atomic E-state index is 0.371. The largest absolute Gasteiger partial charge is 0.495 e. The molecule has 0 amide bonds. The molecule has 1 unspecified atom stereocenters. The molecule has 104 valence electrons. The highest BCUT2D eigenvalue weighted by Gasteiger charge is 2.24. The summed E-state index contributed by atoms with van der Waals surface area (Å²) in [6.45, 7) is 2.03. The first-order chi connectivity index (χ1) is 9.69. The monoisotopic (exact) mass is 287 g/mol. The number of halogens is 1. The number of methoxy groups -OCH3 is 1. The molecule has 0 spiro atoms. The van der Waals surface area contributed by atoms with Gasteiger partial charge >= 0.3 is 0 Å². The van der Waals surface area contributed by atoms with E-state index in [0.717, 1.165) is 18.8 Å². The summed E-state index contributed by atoms with van der Waals surface area (Å²) in [5.74, 6) is 1.12. The van der Waals surface area contributed by atoms with Crippen molar-refractivity contribution in [1.29, 1.82) is 0 Å². The van der Waals surface area contributed by atoms with Gasteiger partial charge in [0.2, 0.25) is 0 Å². The van der Waals surface area contributed by atoms with Crippen LogP contribution in [-0.4, -0.2) is 25.6 Å². The van der Waals surface area contributed by atoms with Gasteiger partial charge in [0.25, 0.3) is 0 Å². The van der Waals surface area contributed by atoms with Crippen LogP contribution in [0.4, 0.5) is 0 Å². The van der Waals surface area contributed by atoms with Crippen LogP contribution in [0.1, 0.15) is 22.6 Å². The second kappa shape index (κ2) is 5.47. The number of nitrogens with zero attached hydrogens (tertiary/aromatic N) is 1. The van der Waals surface area contributed by atoms with Crippen molar-refractivity contribution in [3.05, 3.63) is 64.2 Å². The van der Waals surface area contributed by atoms with E-state index < -0.39 is 0 Å². The van der Waals surface area contributed by atoms with Gasteiger partial charge in [0.1, 0.15) is 5.75 Å². The molecule has 2 aromatic carbocycles. The van der Waals surface area contributed by atoms with Crippen LogP contribution in [0.25, 0.3) is 0 Å². The number of benzene rings is 2. The Kier molecular flexibility index (Phi) is 3.68. The molecule has 2 nitrogen and oxygen atoms in total. The third-order valence-electron chi connectivity index (χ3n) is 3.94. The van der Waals surface area contributed by atoms with Crippen molar-refractivity contribution in [3.63, 3.8) is 0 Å². The predicted molar refractivity (Wildman–Crippen MR) is 82.6 cm³/mol. The summed E-state index contributed by atoms with van der Waals surface area (Å²) in [6.07, 6.45) is 0. The summed E-state index contributed by atoms with van der Waals surface area (Å²) < 4.78 is 5.35. The summed E-state index contributed by atoms with van der Waals surface area (Å²) in [5.41, 5.74) is 4.07. The molecule has 2 aromatic rings. The highest BCUT2D eigenvalue weighted by atomic mass is 35.5. The van der Waals surface area contributed by atoms with Crippen molar-refractivity contribution in [2.75, 3.05) is 20.7 Å². The molecule has 1 heterocycles. The molecule has 3 heteroatoms. The molecule has 1 atom stereocenters. The van der Waals surface area contributed by atoms with Gasteiger partial charge in [-0.1, -0.05) is 41.9 Å². The Morgan fingerprint density at radius 1 is 1.20 bits per heavy atom. The molecule has 1 aliphatic rings. The maximum absolute atomic E-state index is 6.13. The summed E-state index contributed by atoms with van der Waals surface area (Å²) in [7, 11) is 3.82. The Morgan fingerprint density at radius 2 is 2.00 bits per heavy atom. The molecule has 0 aliphatic carbocycles. The van der Waals surface area contributed by atoms with E-state index >= 15 is 0 Å². The molecule has 20 heavy (non-hydrogen) atoms. The second-order valence-corrected chi connectivity index (χ2v) is 5.75. The topological polar surface area (TPSA) is 12.5 Å². The Morgan fingerprint density at radius 3 is 2.80 bits per heavy atom. The lowest BCUT2D eigenvalue weighted by Crippen LogP contribution is -2.30. The van der Waals surface area contributed by atoms with Gasteiger partial charge in [-0.15, -0.1) is 0 Å². The predicted octanol–water partition coefficient (Wildman–Crippen LogP) is 3.93. The van der Waals surface area contributed by atoms with Gasteiger partial charge in [0.05, 0.1) is 12.1 Å². The number of likely N-dealkylation sites (N-methyl/N-ethyl adjacent to an activating group) is 1. The molecule has 0 aromatic heterocycles. The lowest BCUT2D eigenvalue weighted by atomic mass is 9.85. The first kappa shape index (κ1) is 13.5. The van der Waals surface area contributed by atoms with Crippen molar-refractivity contribution in [2.45, 2.75) is 12.5 Å². The number of hydrogen-bond acceptors (Lipinski definition) is 2. The van der Waals surface area contributed by atoms with E-state index in [4.69, 9.17) is 16.3 Å². The quantitative estimate of drug-likeness (QED) is 0.830. The Balaban J connectivity index is 2.06. The van der Waals surface area contributed by atoms with Gasteiger partial charge < -0.3 is 9.64 Å². The molecular weight excluding hydrogens is 270 g/mol. The third kappa shape index (κ3) is 2.41. The summed E-state index contributed by atoms with van der Waals surface area (Å²) in [5, 5.41) is 0.661. The van der Waals surface area contributed by atoms with E-state index in [0.29, 0.717) is 10.9 Å². The van der Waals surface area contributed by atoms with Crippen molar-refractivity contribution in [2.24, 2.45) is 0 Å². The van der Waals surface area contributed by atoms with Gasteiger partial charge in [0, 0.05) is 19.0 Å². The fourth-order valence-corrected chi connectivity index (χ4v) is 3.16. The van der Waals surface area contributed by atoms with Crippen molar-refractivity contribution < 1.29 is 4.74 Å². The average molecular weight is 288 g/mol. The number of hydrogen-bond donors (Lipinski definition) is 0. The van der Waals surface area contributed by atoms with E-state index in [1.807, 2.05) is 6.07 Å². The Labute approximate surface area is 124 Å². The fraction of sp³-hybridized carbons (Fsp3) is 0.294. The molecule has 3 rings (SSSR count). The molecule has 0 saturated heterocycles. The number of rotatable bonds is 2. The molecule has 0 bridgehead atoms. The van der Waals surface area contributed by atoms with E-state index in [2.05, 4.69) is 48.3 Å². The highest BCUT2D eigenvalue weighted by Crippen LogP contribution is 2.36. The van der Waals surface area contributed by atoms with E-state index in [1.54, 1.807) is 7.11 Å². The normalized spacial score (nSPS) is 18.6. The van der Waals surface area contributed by atoms with Crippen LogP contribution in [0, 0.1) is 0 Å². The molecule has 0 radical (unpaired) electrons. The Hall–Kier alpha value is -1.51. The first-order valence-corrected chi connectivity index (χ1v) is 7.16. The van der Waals surface area contributed by atoms with Gasteiger partial charge in [-0.05, 0) is 35.9 Å². The third-order valence-corrected chi connectivity index (χ3v) is 4.25. The maximum Gasteiger partial charge on any atom is 0.137 e. The number of ether oxygens (including phenoxy) is 1. The first-order valence-electron chi connectivity index (χ1n) is 6.79. The van der Waals surface area contributed by atoms with Crippen LogP contribution in [-0.2, 0) is 6.54 Å². The molecule has 0 saturated carbocycles. The van der Waals surface area contributed by atoms with Gasteiger partial charge in [-0.25, -0.2) is 0 Å². The van der Waals surface area contributed by atoms with Crippen LogP contribution in [0.3, 0.4) is 0 Å². The van der Waals surface area contributed by atoms with Crippen LogP contribution in [0.2, 0.25) is 5.02 Å². The standard InChI is InChI=1S/C17H18ClNO/c1-19-10-13-5-3-4-6-14(13)15(11-19)12-7-8-16(18)17(9-12)20-2/h3-9,15H,10-11H2,1-2H3. The van der Waals surface area contributed by atoms with Gasteiger partial charge in [-0.2, -0.15) is 0 Å². The highest BCUT2D eigenvalue weighted by molar-refractivity contribution is 6.32. The SMILES string of the molecule is COc1cc(C2CN(C)Cc3ccccc32)ccc1Cl. The van der Waals surface area contributed by atoms with E-state index in [9.17, 15) is 0 Å². The fourth-order valence-electron chi connectivity index (χ4n) is 2.96. The maximum atomic E-state index is 6.13. The van der Waals surface area contributed by atoms with Crippen LogP contribution < -0.4 is 4.74 Å². The summed E-state index contributed by atoms with van der Waals surface area (Å²) in [4.78, 5) is 2.36. The van der Waals surface area contributed by atoms with Crippen LogP contribution in [0.15, 0.2) is 42.5 Å². The zero-order chi connectivity index (χ0) is 14.1. The van der Waals surface area contributed by atoms with Crippen molar-refractivity contribution in [3.8, 4) is 5.75 Å². The minimum absolute atomic E-state index is 0.371. The summed E-state index contributed by atoms with van der Waals surface area (Å²) in [6, 6.07) is 14.8. The van der Waals surface area contributed by atoms with Crippen LogP contribution >= 0.6 is 11.6 Å². The van der Waals surface area contributed by atoms with Gasteiger partial charge in [0.15, 0.2) is 0 Å². The van der Waals surface area contributed by atoms with Crippen molar-refractivity contribution in [1.82, 2.24) is 4.90 Å². The lowest BCUT2D eigenvalue weighted by Gasteiger charge is -2.32. The molecule has 1 aliphatic heterocycles. The molecular formula is C17H18ClNO. The number of fused-ring (bicyclic) bond motifs is 1. The molecule has 0 fully saturated rings. The zero-order valence-electron chi connectivity index (χ0n) is 11.8. The average Bonchev–Trinajstić information content (AvgIpc) is 2.47. The van der Waals surface area contributed by atoms with E-state index in [-0.39, 0.29) is 0 Å². The lowest BCUT2D eigenvalue weighted by molar-refractivity contribution is 0.295. The van der Waals surface area contributed by atoms with E-state index in [1.165, 1.54) is 16.7 Å². The van der Waals surface area contributed by atoms with Gasteiger partial charge in [-0.3, -0.25) is 0 Å². The van der Waals surface area contributed by atoms with Crippen molar-refractivity contribution >= 4 is 11.6 Å². The minimum Gasteiger partial charge on any atom is -0.495 e. The zero-order valence-corrected chi connectivity index (χ0v) is 12.5. The summed E-state index contributed by atoms with van der Waals surface area (Å²) >= 11 is 6.13. The van der Waals surface area contributed by atoms with Crippen LogP contribution in [0.5, 0.6) is 5.75 Å². The molecule has 0 N–H and O–H groups in total. The Bertz CT molecular complexity index is 626. The smallest absolute Gasteiger partial charge is 0.137 e.